The Kier molecular flexibility index (Phi) is 5.71. The van der Waals surface area contributed by atoms with Gasteiger partial charge in [0.05, 0.1) is 7.11 Å². The van der Waals surface area contributed by atoms with Gasteiger partial charge in [0.1, 0.15) is 5.75 Å². The standard InChI is InChI=1S/C7H9N.C7H8O/c1-2-7-4-3-5-8-6-7;1-8-7-5-3-2-4-6-7/h3-6H,2H2,1H3;2-6H,1H3. The molecule has 0 atom stereocenters. The molecule has 0 fully saturated rings. The van der Waals surface area contributed by atoms with Crippen LogP contribution in [0, 0.1) is 0 Å². The topological polar surface area (TPSA) is 22.1 Å². The zero-order valence-electron chi connectivity index (χ0n) is 9.76. The van der Waals surface area contributed by atoms with Gasteiger partial charge in [-0.25, -0.2) is 0 Å². The van der Waals surface area contributed by atoms with E-state index >= 15 is 0 Å². The highest BCUT2D eigenvalue weighted by Crippen LogP contribution is 2.05. The van der Waals surface area contributed by atoms with Crippen molar-refractivity contribution in [1.82, 2.24) is 4.98 Å². The smallest absolute Gasteiger partial charge is 0.118 e. The van der Waals surface area contributed by atoms with E-state index in [9.17, 15) is 0 Å². The summed E-state index contributed by atoms with van der Waals surface area (Å²) in [6.45, 7) is 2.12. The number of methoxy groups -OCH3 is 1. The SMILES string of the molecule is CCc1cccnc1.COc1ccccc1. The second kappa shape index (κ2) is 7.46. The molecule has 1 heterocycles. The van der Waals surface area contributed by atoms with Gasteiger partial charge in [-0.1, -0.05) is 31.2 Å². The van der Waals surface area contributed by atoms with Crippen molar-refractivity contribution < 1.29 is 4.74 Å². The maximum absolute atomic E-state index is 4.91. The zero-order valence-corrected chi connectivity index (χ0v) is 9.76. The largest absolute Gasteiger partial charge is 0.497 e. The highest BCUT2D eigenvalue weighted by Gasteiger charge is 1.81. The fourth-order valence-corrected chi connectivity index (χ4v) is 1.16. The molecule has 0 aliphatic heterocycles. The average molecular weight is 215 g/mol. The first kappa shape index (κ1) is 12.2. The molecule has 16 heavy (non-hydrogen) atoms. The van der Waals surface area contributed by atoms with E-state index in [-0.39, 0.29) is 0 Å². The minimum atomic E-state index is 0.910. The van der Waals surface area contributed by atoms with Crippen LogP contribution in [0.25, 0.3) is 0 Å². The fraction of sp³-hybridized carbons (Fsp3) is 0.214. The Balaban J connectivity index is 0.000000160. The van der Waals surface area contributed by atoms with Crippen LogP contribution in [0.3, 0.4) is 0 Å². The van der Waals surface area contributed by atoms with Crippen LogP contribution in [0.1, 0.15) is 12.5 Å². The number of ether oxygens (including phenoxy) is 1. The summed E-state index contributed by atoms with van der Waals surface area (Å²) in [5.41, 5.74) is 1.30. The van der Waals surface area contributed by atoms with Crippen LogP contribution < -0.4 is 4.74 Å². The molecular weight excluding hydrogens is 198 g/mol. The van der Waals surface area contributed by atoms with Crippen molar-refractivity contribution in [2.24, 2.45) is 0 Å². The van der Waals surface area contributed by atoms with Crippen molar-refractivity contribution in [2.45, 2.75) is 13.3 Å². The monoisotopic (exact) mass is 215 g/mol. The molecule has 0 unspecified atom stereocenters. The number of benzene rings is 1. The lowest BCUT2D eigenvalue weighted by Crippen LogP contribution is -1.78. The van der Waals surface area contributed by atoms with E-state index in [4.69, 9.17) is 4.74 Å². The fourth-order valence-electron chi connectivity index (χ4n) is 1.16. The van der Waals surface area contributed by atoms with Crippen LogP contribution in [0.5, 0.6) is 5.75 Å². The maximum atomic E-state index is 4.91. The first-order valence-electron chi connectivity index (χ1n) is 5.34. The second-order valence-corrected chi connectivity index (χ2v) is 3.23. The maximum Gasteiger partial charge on any atom is 0.118 e. The Hall–Kier alpha value is -1.83. The van der Waals surface area contributed by atoms with E-state index in [1.807, 2.05) is 42.6 Å². The zero-order chi connectivity index (χ0) is 11.6. The summed E-state index contributed by atoms with van der Waals surface area (Å²) in [7, 11) is 1.66. The lowest BCUT2D eigenvalue weighted by atomic mass is 10.2. The quantitative estimate of drug-likeness (QED) is 0.766. The highest BCUT2D eigenvalue weighted by molar-refractivity contribution is 5.20. The number of hydrogen-bond donors (Lipinski definition) is 0. The summed E-state index contributed by atoms with van der Waals surface area (Å²) in [4.78, 5) is 3.96. The summed E-state index contributed by atoms with van der Waals surface area (Å²) >= 11 is 0. The van der Waals surface area contributed by atoms with Gasteiger partial charge in [-0.15, -0.1) is 0 Å². The average Bonchev–Trinajstić information content (AvgIpc) is 2.41. The van der Waals surface area contributed by atoms with Crippen LogP contribution in [0.15, 0.2) is 54.9 Å². The number of aryl methyl sites for hydroxylation is 1. The van der Waals surface area contributed by atoms with Gasteiger partial charge in [-0.2, -0.15) is 0 Å². The predicted molar refractivity (Wildman–Crippen MR) is 66.6 cm³/mol. The van der Waals surface area contributed by atoms with Crippen LogP contribution in [-0.2, 0) is 6.42 Å². The molecule has 84 valence electrons. The van der Waals surface area contributed by atoms with Crippen LogP contribution in [-0.4, -0.2) is 12.1 Å². The molecule has 2 aromatic rings. The van der Waals surface area contributed by atoms with Crippen molar-refractivity contribution in [1.29, 1.82) is 0 Å². The van der Waals surface area contributed by atoms with Crippen molar-refractivity contribution in [3.8, 4) is 5.75 Å². The van der Waals surface area contributed by atoms with Crippen LogP contribution >= 0.6 is 0 Å². The van der Waals surface area contributed by atoms with Gasteiger partial charge in [-0.3, -0.25) is 4.98 Å². The van der Waals surface area contributed by atoms with E-state index in [1.165, 1.54) is 5.56 Å². The molecule has 1 aromatic heterocycles. The molecule has 0 spiro atoms. The van der Waals surface area contributed by atoms with E-state index in [2.05, 4.69) is 18.0 Å². The van der Waals surface area contributed by atoms with Gasteiger partial charge in [0, 0.05) is 12.4 Å². The predicted octanol–water partition coefficient (Wildman–Crippen LogP) is 3.34. The first-order chi connectivity index (χ1) is 7.86. The van der Waals surface area contributed by atoms with Crippen molar-refractivity contribution in [3.63, 3.8) is 0 Å². The second-order valence-electron chi connectivity index (χ2n) is 3.23. The number of rotatable bonds is 2. The van der Waals surface area contributed by atoms with Crippen molar-refractivity contribution in [2.75, 3.05) is 7.11 Å². The molecule has 0 aliphatic carbocycles. The Morgan fingerprint density at radius 1 is 1.06 bits per heavy atom. The van der Waals surface area contributed by atoms with Gasteiger partial charge in [-0.05, 0) is 30.2 Å². The molecule has 0 bridgehead atoms. The Morgan fingerprint density at radius 2 is 1.81 bits per heavy atom. The van der Waals surface area contributed by atoms with E-state index in [0.717, 1.165) is 12.2 Å². The summed E-state index contributed by atoms with van der Waals surface area (Å²) < 4.78 is 4.91. The number of nitrogens with zero attached hydrogens (tertiary/aromatic N) is 1. The summed E-state index contributed by atoms with van der Waals surface area (Å²) in [6.07, 6.45) is 4.76. The Bertz CT molecular complexity index is 333. The number of pyridine rings is 1. The number of aromatic nitrogens is 1. The lowest BCUT2D eigenvalue weighted by Gasteiger charge is -1.93. The third-order valence-corrected chi connectivity index (χ3v) is 2.11. The molecule has 2 nitrogen and oxygen atoms in total. The summed E-state index contributed by atoms with van der Waals surface area (Å²) in [5, 5.41) is 0. The molecule has 0 saturated carbocycles. The molecule has 0 saturated heterocycles. The van der Waals surface area contributed by atoms with Crippen LogP contribution in [0.2, 0.25) is 0 Å². The van der Waals surface area contributed by atoms with Crippen LogP contribution in [0.4, 0.5) is 0 Å². The summed E-state index contributed by atoms with van der Waals surface area (Å²) in [6, 6.07) is 13.7. The minimum Gasteiger partial charge on any atom is -0.497 e. The molecule has 2 heteroatoms. The lowest BCUT2D eigenvalue weighted by molar-refractivity contribution is 0.415. The first-order valence-corrected chi connectivity index (χ1v) is 5.34. The van der Waals surface area contributed by atoms with Gasteiger partial charge in [0.2, 0.25) is 0 Å². The van der Waals surface area contributed by atoms with E-state index in [0.29, 0.717) is 0 Å². The summed E-state index contributed by atoms with van der Waals surface area (Å²) in [5.74, 6) is 0.910. The Morgan fingerprint density at radius 3 is 2.19 bits per heavy atom. The molecule has 0 radical (unpaired) electrons. The molecule has 2 rings (SSSR count). The van der Waals surface area contributed by atoms with Gasteiger partial charge < -0.3 is 4.74 Å². The van der Waals surface area contributed by atoms with E-state index < -0.39 is 0 Å². The molecule has 0 amide bonds. The molecule has 1 aromatic carbocycles. The van der Waals surface area contributed by atoms with Gasteiger partial charge in [0.25, 0.3) is 0 Å². The van der Waals surface area contributed by atoms with E-state index in [1.54, 1.807) is 13.3 Å². The molecular formula is C14H17NO. The van der Waals surface area contributed by atoms with Gasteiger partial charge >= 0.3 is 0 Å². The third kappa shape index (κ3) is 4.60. The number of para-hydroxylation sites is 1. The highest BCUT2D eigenvalue weighted by atomic mass is 16.5. The van der Waals surface area contributed by atoms with Crippen molar-refractivity contribution in [3.05, 3.63) is 60.4 Å². The normalized spacial score (nSPS) is 8.88. The molecule has 0 aliphatic rings. The minimum absolute atomic E-state index is 0.910. The van der Waals surface area contributed by atoms with Crippen molar-refractivity contribution >= 4 is 0 Å². The molecule has 0 N–H and O–H groups in total. The Labute approximate surface area is 96.9 Å². The number of hydrogen-bond acceptors (Lipinski definition) is 2. The third-order valence-electron chi connectivity index (χ3n) is 2.11. The van der Waals surface area contributed by atoms with Gasteiger partial charge in [0.15, 0.2) is 0 Å².